The second kappa shape index (κ2) is 18.0. The van der Waals surface area contributed by atoms with E-state index in [1.54, 1.807) is 16.9 Å². The van der Waals surface area contributed by atoms with Crippen molar-refractivity contribution in [3.8, 4) is 28.6 Å². The fraction of sp³-hybridized carbons (Fsp3) is 0.510. The van der Waals surface area contributed by atoms with Crippen molar-refractivity contribution >= 4 is 34.8 Å². The van der Waals surface area contributed by atoms with Crippen LogP contribution in [-0.4, -0.2) is 95.9 Å². The summed E-state index contributed by atoms with van der Waals surface area (Å²) in [5.41, 5.74) is 4.22. The van der Waals surface area contributed by atoms with E-state index >= 15 is 4.39 Å². The normalized spacial score (nSPS) is 22.1. The standard InChI is InChI=1S/C49H58FN11O4/c1-5-49(47(64)65-48(2,3)4)18-22-59(23-19-49)42-14-6-32(26-52-42)44-45-33(25-51)27-54-61(45)30-41(56-44)34-28-53-60(29-34)37-10-8-36(9-11-37)58-20-16-31(17-21-58)38-12-7-35(24-39(38)50)55-40-13-15-43(62)57-46(40)63/h6-7,12,14,24,26-31,36-37,40,55H,5,8-11,13,15-23H2,1-4H3,(H,57,62,63)/t36?,37?,40-/m0/s1. The molecule has 3 aliphatic heterocycles. The van der Waals surface area contributed by atoms with E-state index in [0.717, 1.165) is 80.5 Å². The Hall–Kier alpha value is -6.21. The van der Waals surface area contributed by atoms with Gasteiger partial charge in [0.2, 0.25) is 11.8 Å². The molecule has 0 radical (unpaired) electrons. The molecule has 4 fully saturated rings. The fourth-order valence-electron chi connectivity index (χ4n) is 10.3. The van der Waals surface area contributed by atoms with Crippen LogP contribution in [0.5, 0.6) is 0 Å². The van der Waals surface area contributed by atoms with Gasteiger partial charge in [-0.05, 0) is 134 Å². The lowest BCUT2D eigenvalue weighted by molar-refractivity contribution is -0.169. The van der Waals surface area contributed by atoms with E-state index in [1.807, 2.05) is 57.4 Å². The van der Waals surface area contributed by atoms with Crippen LogP contribution in [0, 0.1) is 22.6 Å². The number of ether oxygens (including phenoxy) is 1. The highest BCUT2D eigenvalue weighted by Crippen LogP contribution is 2.40. The van der Waals surface area contributed by atoms with Gasteiger partial charge in [-0.3, -0.25) is 24.4 Å². The number of carbonyl (C=O) groups excluding carboxylic acids is 3. The number of amides is 2. The number of aromatic nitrogens is 6. The minimum Gasteiger partial charge on any atom is -0.460 e. The molecule has 1 aliphatic carbocycles. The third-order valence-corrected chi connectivity index (χ3v) is 14.2. The van der Waals surface area contributed by atoms with Crippen LogP contribution in [0.2, 0.25) is 0 Å². The molecule has 1 atom stereocenters. The number of nitrogens with one attached hydrogen (secondary N) is 2. The van der Waals surface area contributed by atoms with Crippen molar-refractivity contribution in [3.05, 3.63) is 78.3 Å². The van der Waals surface area contributed by atoms with Crippen LogP contribution in [0.4, 0.5) is 15.9 Å². The summed E-state index contributed by atoms with van der Waals surface area (Å²) in [6, 6.07) is 11.6. The second-order valence-electron chi connectivity index (χ2n) is 19.3. The predicted molar refractivity (Wildman–Crippen MR) is 243 cm³/mol. The molecule has 0 spiro atoms. The van der Waals surface area contributed by atoms with Crippen molar-refractivity contribution in [1.29, 1.82) is 5.26 Å². The van der Waals surface area contributed by atoms with Crippen LogP contribution in [0.25, 0.3) is 28.0 Å². The predicted octanol–water partition coefficient (Wildman–Crippen LogP) is 7.58. The number of imide groups is 1. The van der Waals surface area contributed by atoms with E-state index < -0.39 is 17.1 Å². The first kappa shape index (κ1) is 44.0. The summed E-state index contributed by atoms with van der Waals surface area (Å²) < 4.78 is 25.0. The third kappa shape index (κ3) is 9.20. The summed E-state index contributed by atoms with van der Waals surface area (Å²) in [6.07, 6.45) is 17.8. The van der Waals surface area contributed by atoms with E-state index in [-0.39, 0.29) is 42.0 Å². The van der Waals surface area contributed by atoms with Gasteiger partial charge in [-0.25, -0.2) is 18.9 Å². The smallest absolute Gasteiger partial charge is 0.312 e. The van der Waals surface area contributed by atoms with Crippen LogP contribution >= 0.6 is 0 Å². The summed E-state index contributed by atoms with van der Waals surface area (Å²) >= 11 is 0. The molecule has 4 aliphatic rings. The quantitative estimate of drug-likeness (QED) is 0.104. The summed E-state index contributed by atoms with van der Waals surface area (Å²) in [4.78, 5) is 51.6. The molecule has 0 unspecified atom stereocenters. The minimum atomic E-state index is -0.548. The molecule has 2 amide bonds. The van der Waals surface area contributed by atoms with Crippen molar-refractivity contribution in [2.45, 2.75) is 128 Å². The number of rotatable bonds is 10. The number of piperidine rings is 3. The van der Waals surface area contributed by atoms with Crippen molar-refractivity contribution in [2.75, 3.05) is 36.4 Å². The molecule has 65 heavy (non-hydrogen) atoms. The third-order valence-electron chi connectivity index (χ3n) is 14.2. The first-order chi connectivity index (χ1) is 31.3. The first-order valence-electron chi connectivity index (χ1n) is 23.2. The average Bonchev–Trinajstić information content (AvgIpc) is 3.98. The topological polar surface area (TPSA) is 176 Å². The molecule has 340 valence electrons. The molecule has 9 rings (SSSR count). The van der Waals surface area contributed by atoms with Crippen LogP contribution in [-0.2, 0) is 19.1 Å². The van der Waals surface area contributed by atoms with Gasteiger partial charge in [0.05, 0.1) is 41.4 Å². The number of hydrogen-bond donors (Lipinski definition) is 2. The zero-order valence-electron chi connectivity index (χ0n) is 37.7. The molecular formula is C49H58FN11O4. The molecular weight excluding hydrogens is 826 g/mol. The molecule has 16 heteroatoms. The molecule has 1 aromatic carbocycles. The SMILES string of the molecule is CCC1(C(=O)OC(C)(C)C)CCN(c2ccc(-c3nc(-c4cnn(C5CCC(N6CCC(c7ccc(N[C@H]8CCC(=O)NC8=O)cc7F)CC6)CC5)c4)cn4ncc(C#N)c34)cn2)CC1. The van der Waals surface area contributed by atoms with Crippen molar-refractivity contribution in [3.63, 3.8) is 0 Å². The Morgan fingerprint density at radius 1 is 0.938 bits per heavy atom. The van der Waals surface area contributed by atoms with E-state index in [1.165, 1.54) is 6.07 Å². The maximum Gasteiger partial charge on any atom is 0.312 e. The number of likely N-dealkylation sites (tertiary alicyclic amines) is 1. The summed E-state index contributed by atoms with van der Waals surface area (Å²) in [7, 11) is 0. The van der Waals surface area contributed by atoms with Crippen molar-refractivity contribution in [2.24, 2.45) is 5.41 Å². The Bertz CT molecular complexity index is 2600. The Labute approximate surface area is 378 Å². The number of halogens is 1. The number of benzene rings is 1. The van der Waals surface area contributed by atoms with Crippen LogP contribution in [0.1, 0.15) is 121 Å². The van der Waals surface area contributed by atoms with Gasteiger partial charge in [0.25, 0.3) is 0 Å². The fourth-order valence-corrected chi connectivity index (χ4v) is 10.3. The van der Waals surface area contributed by atoms with Gasteiger partial charge >= 0.3 is 5.97 Å². The van der Waals surface area contributed by atoms with Gasteiger partial charge in [0, 0.05) is 54.8 Å². The van der Waals surface area contributed by atoms with Crippen molar-refractivity contribution in [1.82, 2.24) is 39.6 Å². The highest BCUT2D eigenvalue weighted by Gasteiger charge is 2.43. The lowest BCUT2D eigenvalue weighted by Crippen LogP contribution is -2.47. The average molecular weight is 884 g/mol. The largest absolute Gasteiger partial charge is 0.460 e. The summed E-state index contributed by atoms with van der Waals surface area (Å²) in [5.74, 6) is -0.0627. The number of esters is 1. The lowest BCUT2D eigenvalue weighted by Gasteiger charge is -2.41. The molecule has 5 aromatic rings. The maximum atomic E-state index is 15.4. The number of fused-ring (bicyclic) bond motifs is 1. The van der Waals surface area contributed by atoms with Gasteiger partial charge in [-0.2, -0.15) is 15.5 Å². The van der Waals surface area contributed by atoms with E-state index in [2.05, 4.69) is 49.4 Å². The Morgan fingerprint density at radius 3 is 2.35 bits per heavy atom. The zero-order chi connectivity index (χ0) is 45.5. The number of nitriles is 1. The van der Waals surface area contributed by atoms with Crippen molar-refractivity contribution < 1.29 is 23.5 Å². The monoisotopic (exact) mass is 883 g/mol. The number of carbonyl (C=O) groups is 3. The van der Waals surface area contributed by atoms with Gasteiger partial charge in [0.1, 0.15) is 40.4 Å². The lowest BCUT2D eigenvalue weighted by atomic mass is 9.76. The Balaban J connectivity index is 0.816. The Kier molecular flexibility index (Phi) is 12.2. The van der Waals surface area contributed by atoms with Gasteiger partial charge < -0.3 is 19.9 Å². The van der Waals surface area contributed by atoms with Crippen LogP contribution in [0.3, 0.4) is 0 Å². The van der Waals surface area contributed by atoms with Crippen LogP contribution < -0.4 is 15.5 Å². The summed E-state index contributed by atoms with van der Waals surface area (Å²) in [5, 5.41) is 24.8. The van der Waals surface area contributed by atoms with E-state index in [0.29, 0.717) is 66.5 Å². The van der Waals surface area contributed by atoms with E-state index in [9.17, 15) is 19.6 Å². The molecule has 3 saturated heterocycles. The number of hydrogen-bond acceptors (Lipinski definition) is 12. The number of nitrogens with zero attached hydrogens (tertiary/aromatic N) is 9. The molecule has 1 saturated carbocycles. The Morgan fingerprint density at radius 2 is 1.69 bits per heavy atom. The van der Waals surface area contributed by atoms with E-state index in [4.69, 9.17) is 19.8 Å². The molecule has 4 aromatic heterocycles. The number of pyridine rings is 1. The van der Waals surface area contributed by atoms with Gasteiger partial charge in [-0.1, -0.05) is 13.0 Å². The second-order valence-corrected chi connectivity index (χ2v) is 19.3. The molecule has 15 nitrogen and oxygen atoms in total. The molecule has 0 bridgehead atoms. The number of anilines is 2. The van der Waals surface area contributed by atoms with Gasteiger partial charge in [0.15, 0.2) is 0 Å². The minimum absolute atomic E-state index is 0.119. The highest BCUT2D eigenvalue weighted by atomic mass is 19.1. The zero-order valence-corrected chi connectivity index (χ0v) is 37.7. The maximum absolute atomic E-state index is 15.4. The molecule has 2 N–H and O–H groups in total. The first-order valence-corrected chi connectivity index (χ1v) is 23.2. The molecule has 7 heterocycles. The van der Waals surface area contributed by atoms with Crippen LogP contribution in [0.15, 0.2) is 61.3 Å². The highest BCUT2D eigenvalue weighted by molar-refractivity contribution is 6.01. The van der Waals surface area contributed by atoms with Gasteiger partial charge in [-0.15, -0.1) is 0 Å². The summed E-state index contributed by atoms with van der Waals surface area (Å²) in [6.45, 7) is 11.0.